The van der Waals surface area contributed by atoms with Gasteiger partial charge in [-0.3, -0.25) is 4.98 Å². The number of rotatable bonds is 6. The molecule has 1 aromatic heterocycles. The molecular weight excluding hydrogens is 422 g/mol. The lowest BCUT2D eigenvalue weighted by atomic mass is 10.0. The molecule has 0 spiro atoms. The highest BCUT2D eigenvalue weighted by Gasteiger charge is 2.18. The van der Waals surface area contributed by atoms with Crippen molar-refractivity contribution in [3.05, 3.63) is 78.5 Å². The molecule has 0 aliphatic carbocycles. The van der Waals surface area contributed by atoms with Gasteiger partial charge in [0.2, 0.25) is 0 Å². The normalized spacial score (nSPS) is 11.8. The molecule has 0 atom stereocenters. The Kier molecular flexibility index (Phi) is 5.86. The van der Waals surface area contributed by atoms with Crippen LogP contribution in [-0.4, -0.2) is 43.8 Å². The summed E-state index contributed by atoms with van der Waals surface area (Å²) in [4.78, 5) is 6.57. The standard InChI is InChI=1S/C25H25N3O3S/c1-28(2)16-17-8-11-19(12-9-17)27-25-21-14-18(20-6-4-5-7-23(20)29)10-13-22(21)26-15-24(25)32(3,30)31/h4-15,29H,16H2,1-3H3,(H,26,27). The van der Waals surface area contributed by atoms with E-state index in [9.17, 15) is 13.5 Å². The van der Waals surface area contributed by atoms with Gasteiger partial charge in [-0.1, -0.05) is 36.4 Å². The zero-order valence-corrected chi connectivity index (χ0v) is 19.0. The first-order chi connectivity index (χ1) is 15.2. The lowest BCUT2D eigenvalue weighted by Crippen LogP contribution is -2.10. The van der Waals surface area contributed by atoms with Crippen molar-refractivity contribution < 1.29 is 13.5 Å². The maximum atomic E-state index is 12.5. The number of nitrogens with zero attached hydrogens (tertiary/aromatic N) is 2. The van der Waals surface area contributed by atoms with E-state index in [4.69, 9.17) is 0 Å². The molecule has 0 fully saturated rings. The number of hydrogen-bond donors (Lipinski definition) is 2. The monoisotopic (exact) mass is 447 g/mol. The third kappa shape index (κ3) is 4.59. The highest BCUT2D eigenvalue weighted by atomic mass is 32.2. The van der Waals surface area contributed by atoms with Gasteiger partial charge in [0, 0.05) is 35.6 Å². The Morgan fingerprint density at radius 3 is 2.38 bits per heavy atom. The maximum absolute atomic E-state index is 12.5. The van der Waals surface area contributed by atoms with Crippen molar-refractivity contribution in [3.63, 3.8) is 0 Å². The van der Waals surface area contributed by atoms with E-state index in [0.717, 1.165) is 23.4 Å². The quantitative estimate of drug-likeness (QED) is 0.441. The zero-order chi connectivity index (χ0) is 22.9. The molecule has 2 N–H and O–H groups in total. The number of para-hydroxylation sites is 1. The minimum atomic E-state index is -3.54. The Labute approximate surface area is 188 Å². The van der Waals surface area contributed by atoms with Crippen LogP contribution in [0.2, 0.25) is 0 Å². The van der Waals surface area contributed by atoms with Crippen LogP contribution in [0, 0.1) is 0 Å². The summed E-state index contributed by atoms with van der Waals surface area (Å²) in [5.74, 6) is 0.157. The Bertz CT molecular complexity index is 1380. The van der Waals surface area contributed by atoms with Gasteiger partial charge in [-0.2, -0.15) is 0 Å². The highest BCUT2D eigenvalue weighted by molar-refractivity contribution is 7.90. The van der Waals surface area contributed by atoms with Gasteiger partial charge in [0.15, 0.2) is 9.84 Å². The van der Waals surface area contributed by atoms with Gasteiger partial charge in [-0.05, 0) is 55.6 Å². The van der Waals surface area contributed by atoms with Gasteiger partial charge in [0.1, 0.15) is 10.6 Å². The summed E-state index contributed by atoms with van der Waals surface area (Å²) in [7, 11) is 0.484. The first kappa shape index (κ1) is 21.8. The molecule has 0 radical (unpaired) electrons. The summed E-state index contributed by atoms with van der Waals surface area (Å²) >= 11 is 0. The Balaban J connectivity index is 1.86. The largest absolute Gasteiger partial charge is 0.507 e. The van der Waals surface area contributed by atoms with Crippen LogP contribution in [0.1, 0.15) is 5.56 Å². The predicted octanol–water partition coefficient (Wildman–Crippen LogP) is 4.82. The fraction of sp³-hybridized carbons (Fsp3) is 0.160. The van der Waals surface area contributed by atoms with E-state index in [0.29, 0.717) is 22.2 Å². The van der Waals surface area contributed by atoms with E-state index in [1.807, 2.05) is 68.7 Å². The molecule has 6 nitrogen and oxygen atoms in total. The van der Waals surface area contributed by atoms with E-state index in [-0.39, 0.29) is 10.6 Å². The summed E-state index contributed by atoms with van der Waals surface area (Å²) in [5, 5.41) is 14.2. The molecule has 3 aromatic carbocycles. The average Bonchev–Trinajstić information content (AvgIpc) is 2.74. The molecule has 32 heavy (non-hydrogen) atoms. The second kappa shape index (κ2) is 8.61. The minimum absolute atomic E-state index is 0.122. The molecule has 0 bridgehead atoms. The van der Waals surface area contributed by atoms with Crippen molar-refractivity contribution in [2.75, 3.05) is 25.7 Å². The minimum Gasteiger partial charge on any atom is -0.507 e. The summed E-state index contributed by atoms with van der Waals surface area (Å²) in [6.07, 6.45) is 2.56. The van der Waals surface area contributed by atoms with E-state index in [2.05, 4.69) is 15.2 Å². The first-order valence-corrected chi connectivity index (χ1v) is 12.0. The summed E-state index contributed by atoms with van der Waals surface area (Å²) in [6.45, 7) is 0.816. The summed E-state index contributed by atoms with van der Waals surface area (Å²) in [6, 6.07) is 20.5. The number of anilines is 2. The van der Waals surface area contributed by atoms with Crippen LogP contribution in [0.4, 0.5) is 11.4 Å². The Hall–Kier alpha value is -3.42. The van der Waals surface area contributed by atoms with Gasteiger partial charge < -0.3 is 15.3 Å². The second-order valence-corrected chi connectivity index (χ2v) is 10.1. The molecule has 0 amide bonds. The van der Waals surface area contributed by atoms with Gasteiger partial charge >= 0.3 is 0 Å². The van der Waals surface area contributed by atoms with Crippen LogP contribution >= 0.6 is 0 Å². The van der Waals surface area contributed by atoms with Crippen molar-refractivity contribution in [1.82, 2.24) is 9.88 Å². The molecule has 0 aliphatic rings. The first-order valence-electron chi connectivity index (χ1n) is 10.1. The third-order valence-electron chi connectivity index (χ3n) is 5.17. The lowest BCUT2D eigenvalue weighted by Gasteiger charge is -2.16. The van der Waals surface area contributed by atoms with Crippen molar-refractivity contribution in [2.45, 2.75) is 11.4 Å². The van der Waals surface area contributed by atoms with Crippen LogP contribution in [0.15, 0.2) is 77.8 Å². The molecule has 1 heterocycles. The zero-order valence-electron chi connectivity index (χ0n) is 18.2. The molecule has 0 saturated carbocycles. The second-order valence-electron chi connectivity index (χ2n) is 8.08. The van der Waals surface area contributed by atoms with Crippen LogP contribution in [-0.2, 0) is 16.4 Å². The van der Waals surface area contributed by atoms with Gasteiger partial charge in [0.25, 0.3) is 0 Å². The number of nitrogens with one attached hydrogen (secondary N) is 1. The molecule has 4 aromatic rings. The maximum Gasteiger partial charge on any atom is 0.179 e. The predicted molar refractivity (Wildman–Crippen MR) is 129 cm³/mol. The average molecular weight is 448 g/mol. The van der Waals surface area contributed by atoms with E-state index in [1.54, 1.807) is 12.1 Å². The number of benzene rings is 3. The highest BCUT2D eigenvalue weighted by Crippen LogP contribution is 2.36. The van der Waals surface area contributed by atoms with Crippen LogP contribution in [0.5, 0.6) is 5.75 Å². The fourth-order valence-electron chi connectivity index (χ4n) is 3.67. The fourth-order valence-corrected chi connectivity index (χ4v) is 4.45. The van der Waals surface area contributed by atoms with Crippen LogP contribution < -0.4 is 5.32 Å². The molecule has 7 heteroatoms. The number of aromatic hydroxyl groups is 1. The Morgan fingerprint density at radius 1 is 1.00 bits per heavy atom. The number of sulfone groups is 1. The number of phenolic OH excluding ortho intramolecular Hbond substituents is 1. The number of hydrogen-bond acceptors (Lipinski definition) is 6. The molecule has 4 rings (SSSR count). The Morgan fingerprint density at radius 2 is 1.72 bits per heavy atom. The van der Waals surface area contributed by atoms with E-state index in [1.165, 1.54) is 12.5 Å². The summed E-state index contributed by atoms with van der Waals surface area (Å²) < 4.78 is 25.1. The van der Waals surface area contributed by atoms with Gasteiger partial charge in [-0.15, -0.1) is 0 Å². The molecule has 164 valence electrons. The van der Waals surface area contributed by atoms with Crippen molar-refractivity contribution in [2.24, 2.45) is 0 Å². The smallest absolute Gasteiger partial charge is 0.179 e. The molecule has 0 saturated heterocycles. The molecule has 0 unspecified atom stereocenters. The third-order valence-corrected chi connectivity index (χ3v) is 6.28. The molecule has 0 aliphatic heterocycles. The van der Waals surface area contributed by atoms with E-state index >= 15 is 0 Å². The van der Waals surface area contributed by atoms with Crippen molar-refractivity contribution in [3.8, 4) is 16.9 Å². The van der Waals surface area contributed by atoms with Crippen molar-refractivity contribution in [1.29, 1.82) is 0 Å². The lowest BCUT2D eigenvalue weighted by molar-refractivity contribution is 0.402. The summed E-state index contributed by atoms with van der Waals surface area (Å²) in [5.41, 5.74) is 4.49. The van der Waals surface area contributed by atoms with Gasteiger partial charge in [-0.25, -0.2) is 8.42 Å². The number of aromatic nitrogens is 1. The molecular formula is C25H25N3O3S. The number of pyridine rings is 1. The number of fused-ring (bicyclic) bond motifs is 1. The number of phenols is 1. The topological polar surface area (TPSA) is 82.5 Å². The van der Waals surface area contributed by atoms with Crippen molar-refractivity contribution >= 4 is 32.1 Å². The van der Waals surface area contributed by atoms with Crippen LogP contribution in [0.3, 0.4) is 0 Å². The van der Waals surface area contributed by atoms with Gasteiger partial charge in [0.05, 0.1) is 11.2 Å². The SMILES string of the molecule is CN(C)Cc1ccc(Nc2c(S(C)(=O)=O)cnc3ccc(-c4ccccc4O)cc23)cc1. The van der Waals surface area contributed by atoms with E-state index < -0.39 is 9.84 Å². The van der Waals surface area contributed by atoms with Crippen LogP contribution in [0.25, 0.3) is 22.0 Å².